The molecule has 1 N–H and O–H groups in total. The van der Waals surface area contributed by atoms with Gasteiger partial charge in [-0.15, -0.1) is 0 Å². The van der Waals surface area contributed by atoms with E-state index in [-0.39, 0.29) is 11.4 Å². The molecule has 0 saturated carbocycles. The molecule has 110 valence electrons. The second-order valence-corrected chi connectivity index (χ2v) is 5.00. The summed E-state index contributed by atoms with van der Waals surface area (Å²) in [7, 11) is 1.39. The first-order valence-corrected chi connectivity index (χ1v) is 6.81. The van der Waals surface area contributed by atoms with Crippen LogP contribution in [0.25, 0.3) is 0 Å². The summed E-state index contributed by atoms with van der Waals surface area (Å²) in [6.45, 7) is 0.358. The molecule has 0 bridgehead atoms. The van der Waals surface area contributed by atoms with Crippen LogP contribution in [0.4, 0.5) is 15.8 Å². The Kier molecular flexibility index (Phi) is 4.74. The number of nitrogens with one attached hydrogen (secondary N) is 1. The van der Waals surface area contributed by atoms with Gasteiger partial charge in [0.1, 0.15) is 4.47 Å². The summed E-state index contributed by atoms with van der Waals surface area (Å²) in [5.74, 6) is -0.308. The maximum absolute atomic E-state index is 13.3. The van der Waals surface area contributed by atoms with Crippen LogP contribution in [0.5, 0.6) is 5.75 Å². The molecule has 0 fully saturated rings. The molecule has 0 spiro atoms. The average molecular weight is 355 g/mol. The standard InChI is InChI=1S/C14H12BrFN2O3/c1-21-13-7-10(5-6-11(13)16)17-8-9-3-2-4-12(14(9)15)18(19)20/h2-7,17H,8H2,1H3. The van der Waals surface area contributed by atoms with E-state index in [1.54, 1.807) is 18.2 Å². The van der Waals surface area contributed by atoms with Gasteiger partial charge in [0.2, 0.25) is 0 Å². The van der Waals surface area contributed by atoms with Crippen molar-refractivity contribution in [2.45, 2.75) is 6.54 Å². The topological polar surface area (TPSA) is 64.4 Å². The lowest BCUT2D eigenvalue weighted by molar-refractivity contribution is -0.385. The number of halogens is 2. The fourth-order valence-electron chi connectivity index (χ4n) is 1.81. The summed E-state index contributed by atoms with van der Waals surface area (Å²) in [6.07, 6.45) is 0. The molecule has 0 amide bonds. The van der Waals surface area contributed by atoms with Crippen LogP contribution < -0.4 is 10.1 Å². The number of hydrogen-bond donors (Lipinski definition) is 1. The van der Waals surface area contributed by atoms with E-state index >= 15 is 0 Å². The lowest BCUT2D eigenvalue weighted by Gasteiger charge is -2.10. The summed E-state index contributed by atoms with van der Waals surface area (Å²) >= 11 is 3.23. The molecule has 2 rings (SSSR count). The second kappa shape index (κ2) is 6.53. The van der Waals surface area contributed by atoms with Crippen LogP contribution in [0.3, 0.4) is 0 Å². The SMILES string of the molecule is COc1cc(NCc2cccc([N+](=O)[O-])c2Br)ccc1F. The summed E-state index contributed by atoms with van der Waals surface area (Å²) < 4.78 is 18.6. The van der Waals surface area contributed by atoms with Crippen LogP contribution in [0.2, 0.25) is 0 Å². The Morgan fingerprint density at radius 3 is 2.81 bits per heavy atom. The zero-order valence-electron chi connectivity index (χ0n) is 11.1. The van der Waals surface area contributed by atoms with E-state index in [4.69, 9.17) is 4.74 Å². The van der Waals surface area contributed by atoms with Gasteiger partial charge in [-0.05, 0) is 33.6 Å². The number of hydrogen-bond acceptors (Lipinski definition) is 4. The maximum Gasteiger partial charge on any atom is 0.283 e. The normalized spacial score (nSPS) is 10.2. The highest BCUT2D eigenvalue weighted by Crippen LogP contribution is 2.29. The van der Waals surface area contributed by atoms with Gasteiger partial charge in [-0.2, -0.15) is 0 Å². The second-order valence-electron chi connectivity index (χ2n) is 4.21. The van der Waals surface area contributed by atoms with Gasteiger partial charge in [-0.1, -0.05) is 12.1 Å². The maximum atomic E-state index is 13.3. The summed E-state index contributed by atoms with van der Waals surface area (Å²) in [5, 5.41) is 13.9. The van der Waals surface area contributed by atoms with Crippen molar-refractivity contribution in [1.29, 1.82) is 0 Å². The van der Waals surface area contributed by atoms with Gasteiger partial charge >= 0.3 is 0 Å². The van der Waals surface area contributed by atoms with Crippen molar-refractivity contribution in [3.05, 3.63) is 62.4 Å². The molecule has 0 aliphatic rings. The molecule has 0 heterocycles. The molecule has 2 aromatic rings. The third-order valence-electron chi connectivity index (χ3n) is 2.89. The highest BCUT2D eigenvalue weighted by Gasteiger charge is 2.14. The minimum atomic E-state index is -0.450. The van der Waals surface area contributed by atoms with Gasteiger partial charge in [0, 0.05) is 24.4 Å². The van der Waals surface area contributed by atoms with E-state index in [1.165, 1.54) is 25.3 Å². The van der Waals surface area contributed by atoms with Crippen LogP contribution in [0, 0.1) is 15.9 Å². The van der Waals surface area contributed by atoms with Crippen LogP contribution in [0.1, 0.15) is 5.56 Å². The molecule has 0 saturated heterocycles. The van der Waals surface area contributed by atoms with E-state index in [0.29, 0.717) is 16.7 Å². The molecule has 0 radical (unpaired) electrons. The quantitative estimate of drug-likeness (QED) is 0.647. The van der Waals surface area contributed by atoms with Gasteiger partial charge in [-0.25, -0.2) is 4.39 Å². The first kappa shape index (κ1) is 15.2. The van der Waals surface area contributed by atoms with E-state index in [9.17, 15) is 14.5 Å². The van der Waals surface area contributed by atoms with Crippen molar-refractivity contribution in [1.82, 2.24) is 0 Å². The van der Waals surface area contributed by atoms with Crippen molar-refractivity contribution >= 4 is 27.3 Å². The number of nitro groups is 1. The number of nitrogens with zero attached hydrogens (tertiary/aromatic N) is 1. The van der Waals surface area contributed by atoms with Gasteiger partial charge in [0.15, 0.2) is 11.6 Å². The summed E-state index contributed by atoms with van der Waals surface area (Å²) in [4.78, 5) is 10.4. The molecule has 21 heavy (non-hydrogen) atoms. The molecule has 5 nitrogen and oxygen atoms in total. The van der Waals surface area contributed by atoms with E-state index < -0.39 is 10.7 Å². The molecule has 0 unspecified atom stereocenters. The fraction of sp³-hybridized carbons (Fsp3) is 0.143. The molecule has 0 atom stereocenters. The number of methoxy groups -OCH3 is 1. The molecule has 0 aliphatic carbocycles. The van der Waals surface area contributed by atoms with E-state index in [0.717, 1.165) is 5.56 Å². The highest BCUT2D eigenvalue weighted by atomic mass is 79.9. The van der Waals surface area contributed by atoms with Crippen molar-refractivity contribution in [2.24, 2.45) is 0 Å². The van der Waals surface area contributed by atoms with Crippen LogP contribution in [-0.2, 0) is 6.54 Å². The minimum Gasteiger partial charge on any atom is -0.494 e. The number of benzene rings is 2. The molecular formula is C14H12BrFN2O3. The highest BCUT2D eigenvalue weighted by molar-refractivity contribution is 9.10. The Morgan fingerprint density at radius 2 is 2.14 bits per heavy atom. The van der Waals surface area contributed by atoms with Gasteiger partial charge in [-0.3, -0.25) is 10.1 Å². The number of anilines is 1. The first-order chi connectivity index (χ1) is 10.0. The number of ether oxygens (including phenoxy) is 1. The monoisotopic (exact) mass is 354 g/mol. The van der Waals surface area contributed by atoms with Crippen molar-refractivity contribution < 1.29 is 14.1 Å². The molecule has 0 aliphatic heterocycles. The predicted octanol–water partition coefficient (Wildman–Crippen LogP) is 4.12. The smallest absolute Gasteiger partial charge is 0.283 e. The third-order valence-corrected chi connectivity index (χ3v) is 3.80. The fourth-order valence-corrected chi connectivity index (χ4v) is 2.36. The Labute approximate surface area is 129 Å². The number of nitro benzene ring substituents is 1. The zero-order chi connectivity index (χ0) is 15.4. The van der Waals surface area contributed by atoms with Crippen molar-refractivity contribution in [2.75, 3.05) is 12.4 Å². The first-order valence-electron chi connectivity index (χ1n) is 6.02. The molecule has 0 aromatic heterocycles. The minimum absolute atomic E-state index is 0.00554. The van der Waals surface area contributed by atoms with Crippen LogP contribution in [-0.4, -0.2) is 12.0 Å². The Bertz CT molecular complexity index is 679. The number of rotatable bonds is 5. The van der Waals surface area contributed by atoms with Crippen LogP contribution in [0.15, 0.2) is 40.9 Å². The molecule has 2 aromatic carbocycles. The van der Waals surface area contributed by atoms with Gasteiger partial charge in [0.05, 0.1) is 12.0 Å². The molecule has 7 heteroatoms. The Hall–Kier alpha value is -2.15. The Morgan fingerprint density at radius 1 is 1.38 bits per heavy atom. The van der Waals surface area contributed by atoms with Crippen LogP contribution >= 0.6 is 15.9 Å². The van der Waals surface area contributed by atoms with Gasteiger partial charge < -0.3 is 10.1 Å². The summed E-state index contributed by atoms with van der Waals surface area (Å²) in [6, 6.07) is 9.21. The Balaban J connectivity index is 2.17. The largest absolute Gasteiger partial charge is 0.494 e. The zero-order valence-corrected chi connectivity index (χ0v) is 12.7. The lowest BCUT2D eigenvalue weighted by atomic mass is 10.2. The van der Waals surface area contributed by atoms with Gasteiger partial charge in [0.25, 0.3) is 5.69 Å². The average Bonchev–Trinajstić information content (AvgIpc) is 2.47. The lowest BCUT2D eigenvalue weighted by Crippen LogP contribution is -2.02. The predicted molar refractivity (Wildman–Crippen MR) is 81.1 cm³/mol. The summed E-state index contributed by atoms with van der Waals surface area (Å²) in [5.41, 5.74) is 1.39. The third kappa shape index (κ3) is 3.49. The van der Waals surface area contributed by atoms with Crippen molar-refractivity contribution in [3.63, 3.8) is 0 Å². The van der Waals surface area contributed by atoms with E-state index in [1.807, 2.05) is 0 Å². The van der Waals surface area contributed by atoms with E-state index in [2.05, 4.69) is 21.2 Å². The van der Waals surface area contributed by atoms with Crippen molar-refractivity contribution in [3.8, 4) is 5.75 Å². The molecular weight excluding hydrogens is 343 g/mol.